The number of hydrogen-bond acceptors (Lipinski definition) is 10. The summed E-state index contributed by atoms with van der Waals surface area (Å²) in [6.07, 6.45) is 6.34. The Balaban J connectivity index is 1.32. The van der Waals surface area contributed by atoms with E-state index in [-0.39, 0.29) is 35.0 Å². The Hall–Kier alpha value is -3.59. The predicted octanol–water partition coefficient (Wildman–Crippen LogP) is 3.55. The van der Waals surface area contributed by atoms with E-state index in [1.807, 2.05) is 0 Å². The SMILES string of the molecule is O=C(c1cnc(Nc2ccnc(-c3cnn(S(=O)(=O)C4CC4)c3)n2)cc1NC1CCC(NCCF)CC1)C(F)F. The first-order valence-electron chi connectivity index (χ1n) is 13.0. The lowest BCUT2D eigenvalue weighted by Gasteiger charge is -2.30. The summed E-state index contributed by atoms with van der Waals surface area (Å²) >= 11 is 0. The Morgan fingerprint density at radius 2 is 1.80 bits per heavy atom. The second kappa shape index (κ2) is 11.9. The third kappa shape index (κ3) is 6.41. The van der Waals surface area contributed by atoms with E-state index in [2.05, 4.69) is 36.0 Å². The molecule has 3 aromatic heterocycles. The number of carbonyl (C=O) groups is 1. The molecule has 0 amide bonds. The topological polar surface area (TPSA) is 144 Å². The van der Waals surface area contributed by atoms with Crippen LogP contribution >= 0.6 is 0 Å². The minimum Gasteiger partial charge on any atom is -0.382 e. The van der Waals surface area contributed by atoms with E-state index in [0.29, 0.717) is 30.8 Å². The third-order valence-electron chi connectivity index (χ3n) is 6.92. The second-order valence-electron chi connectivity index (χ2n) is 9.85. The van der Waals surface area contributed by atoms with Gasteiger partial charge in [-0.3, -0.25) is 4.79 Å². The molecule has 5 rings (SSSR count). The van der Waals surface area contributed by atoms with Crippen molar-refractivity contribution in [1.82, 2.24) is 29.5 Å². The van der Waals surface area contributed by atoms with Gasteiger partial charge in [0, 0.05) is 37.1 Å². The molecule has 3 N–H and O–H groups in total. The number of anilines is 3. The van der Waals surface area contributed by atoms with Crippen LogP contribution in [0.25, 0.3) is 11.4 Å². The van der Waals surface area contributed by atoms with Crippen LogP contribution in [0, 0.1) is 0 Å². The number of aromatic nitrogens is 5. The predicted molar refractivity (Wildman–Crippen MR) is 142 cm³/mol. The number of nitrogens with zero attached hydrogens (tertiary/aromatic N) is 5. The van der Waals surface area contributed by atoms with Crippen LogP contribution in [0.2, 0.25) is 0 Å². The summed E-state index contributed by atoms with van der Waals surface area (Å²) in [4.78, 5) is 24.9. The molecule has 0 saturated heterocycles. The zero-order valence-corrected chi connectivity index (χ0v) is 22.2. The van der Waals surface area contributed by atoms with E-state index in [0.717, 1.165) is 36.0 Å². The fourth-order valence-electron chi connectivity index (χ4n) is 4.65. The van der Waals surface area contributed by atoms with Crippen molar-refractivity contribution in [3.8, 4) is 11.4 Å². The number of Topliss-reactive ketones (excluding diaryl/α,β-unsaturated/α-hetero) is 1. The maximum absolute atomic E-state index is 13.3. The minimum absolute atomic E-state index is 0.0583. The van der Waals surface area contributed by atoms with Gasteiger partial charge in [-0.15, -0.1) is 0 Å². The van der Waals surface area contributed by atoms with E-state index in [9.17, 15) is 26.4 Å². The lowest BCUT2D eigenvalue weighted by atomic mass is 9.90. The van der Waals surface area contributed by atoms with Gasteiger partial charge in [0.15, 0.2) is 5.82 Å². The van der Waals surface area contributed by atoms with Crippen molar-refractivity contribution >= 4 is 33.1 Å². The van der Waals surface area contributed by atoms with Crippen LogP contribution in [0.5, 0.6) is 0 Å². The Labute approximate surface area is 229 Å². The monoisotopic (exact) mass is 578 g/mol. The number of carbonyl (C=O) groups excluding carboxylic acids is 1. The van der Waals surface area contributed by atoms with Crippen LogP contribution in [0.15, 0.2) is 36.9 Å². The molecule has 3 aromatic rings. The number of halogens is 3. The van der Waals surface area contributed by atoms with Gasteiger partial charge in [0.25, 0.3) is 10.0 Å². The van der Waals surface area contributed by atoms with E-state index in [1.165, 1.54) is 24.7 Å². The van der Waals surface area contributed by atoms with Crippen molar-refractivity contribution in [2.24, 2.45) is 0 Å². The molecule has 3 heterocycles. The molecule has 0 unspecified atom stereocenters. The van der Waals surface area contributed by atoms with E-state index >= 15 is 0 Å². The molecule has 0 aliphatic heterocycles. The molecular weight excluding hydrogens is 549 g/mol. The first kappa shape index (κ1) is 28.0. The molecule has 2 saturated carbocycles. The molecule has 0 radical (unpaired) electrons. The number of ketones is 1. The fourth-order valence-corrected chi connectivity index (χ4v) is 6.13. The molecule has 11 nitrogen and oxygen atoms in total. The largest absolute Gasteiger partial charge is 0.382 e. The number of rotatable bonds is 12. The summed E-state index contributed by atoms with van der Waals surface area (Å²) < 4.78 is 64.9. The van der Waals surface area contributed by atoms with Crippen molar-refractivity contribution in [2.45, 2.75) is 62.3 Å². The van der Waals surface area contributed by atoms with Crippen LogP contribution in [-0.4, -0.2) is 75.3 Å². The maximum Gasteiger partial charge on any atom is 0.300 e. The van der Waals surface area contributed by atoms with Crippen molar-refractivity contribution < 1.29 is 26.4 Å². The molecule has 2 fully saturated rings. The number of hydrogen-bond donors (Lipinski definition) is 3. The summed E-state index contributed by atoms with van der Waals surface area (Å²) in [5.41, 5.74) is 0.410. The third-order valence-corrected chi connectivity index (χ3v) is 8.95. The molecule has 0 spiro atoms. The van der Waals surface area contributed by atoms with Gasteiger partial charge in [-0.1, -0.05) is 0 Å². The van der Waals surface area contributed by atoms with Crippen molar-refractivity contribution in [3.05, 3.63) is 42.5 Å². The maximum atomic E-state index is 13.3. The molecule has 0 atom stereocenters. The van der Waals surface area contributed by atoms with E-state index in [4.69, 9.17) is 0 Å². The van der Waals surface area contributed by atoms with Crippen LogP contribution in [-0.2, 0) is 10.0 Å². The first-order chi connectivity index (χ1) is 19.2. The standard InChI is InChI=1S/C25H29F3N8O3S/c26-8-10-29-16-1-3-17(4-2-16)33-20-11-22(31-13-19(20)23(37)24(27)28)34-21-7-9-30-25(35-21)15-12-32-36(14-15)40(38,39)18-5-6-18/h7,9,11-14,16-18,24,29H,1-6,8,10H2,(H2,30,31,33,34,35). The summed E-state index contributed by atoms with van der Waals surface area (Å²) in [5, 5.41) is 12.9. The molecular formula is C25H29F3N8O3S. The summed E-state index contributed by atoms with van der Waals surface area (Å²) in [6, 6.07) is 3.18. The van der Waals surface area contributed by atoms with E-state index in [1.54, 1.807) is 6.07 Å². The average Bonchev–Trinajstić information content (AvgIpc) is 3.69. The lowest BCUT2D eigenvalue weighted by molar-refractivity contribution is 0.0679. The van der Waals surface area contributed by atoms with Gasteiger partial charge in [-0.05, 0) is 44.6 Å². The lowest BCUT2D eigenvalue weighted by Crippen LogP contribution is -2.38. The summed E-state index contributed by atoms with van der Waals surface area (Å²) in [5.74, 6) is -0.539. The minimum atomic E-state index is -3.54. The molecule has 0 bridgehead atoms. The number of pyridine rings is 1. The summed E-state index contributed by atoms with van der Waals surface area (Å²) in [6.45, 7) is -0.147. The quantitative estimate of drug-likeness (QED) is 0.273. The second-order valence-corrected chi connectivity index (χ2v) is 11.9. The highest BCUT2D eigenvalue weighted by Crippen LogP contribution is 2.31. The highest BCUT2D eigenvalue weighted by molar-refractivity contribution is 7.90. The van der Waals surface area contributed by atoms with Gasteiger partial charge >= 0.3 is 6.43 Å². The van der Waals surface area contributed by atoms with Crippen molar-refractivity contribution in [3.63, 3.8) is 0 Å². The van der Waals surface area contributed by atoms with Gasteiger partial charge in [-0.2, -0.15) is 9.19 Å². The molecule has 2 aliphatic rings. The normalized spacial score (nSPS) is 19.5. The van der Waals surface area contributed by atoms with Gasteiger partial charge in [-0.25, -0.2) is 36.5 Å². The van der Waals surface area contributed by atoms with Crippen LogP contribution < -0.4 is 16.0 Å². The van der Waals surface area contributed by atoms with Crippen LogP contribution in [0.4, 0.5) is 30.5 Å². The van der Waals surface area contributed by atoms with Gasteiger partial charge in [0.1, 0.15) is 18.3 Å². The first-order valence-corrected chi connectivity index (χ1v) is 14.5. The van der Waals surface area contributed by atoms with Crippen LogP contribution in [0.1, 0.15) is 48.9 Å². The molecule has 2 aliphatic carbocycles. The Kier molecular flexibility index (Phi) is 8.30. The zero-order chi connectivity index (χ0) is 28.3. The Morgan fingerprint density at radius 1 is 1.05 bits per heavy atom. The molecule has 0 aromatic carbocycles. The average molecular weight is 579 g/mol. The van der Waals surface area contributed by atoms with Gasteiger partial charge < -0.3 is 16.0 Å². The number of nitrogens with one attached hydrogen (secondary N) is 3. The fraction of sp³-hybridized carbons (Fsp3) is 0.480. The molecule has 214 valence electrons. The highest BCUT2D eigenvalue weighted by atomic mass is 32.2. The van der Waals surface area contributed by atoms with Crippen molar-refractivity contribution in [1.29, 1.82) is 0 Å². The van der Waals surface area contributed by atoms with E-state index < -0.39 is 34.2 Å². The smallest absolute Gasteiger partial charge is 0.300 e. The molecule has 15 heteroatoms. The Morgan fingerprint density at radius 3 is 2.50 bits per heavy atom. The van der Waals surface area contributed by atoms with Gasteiger partial charge in [0.05, 0.1) is 34.5 Å². The number of alkyl halides is 3. The highest BCUT2D eigenvalue weighted by Gasteiger charge is 2.37. The van der Waals surface area contributed by atoms with Crippen LogP contribution in [0.3, 0.4) is 0 Å². The molecule has 40 heavy (non-hydrogen) atoms. The summed E-state index contributed by atoms with van der Waals surface area (Å²) in [7, 11) is -3.54. The Bertz CT molecular complexity index is 1460. The van der Waals surface area contributed by atoms with Crippen molar-refractivity contribution in [2.75, 3.05) is 23.9 Å². The van der Waals surface area contributed by atoms with Gasteiger partial charge in [0.2, 0.25) is 5.78 Å². The zero-order valence-electron chi connectivity index (χ0n) is 21.4.